The first-order chi connectivity index (χ1) is 17.7. The third kappa shape index (κ3) is 7.00. The van der Waals surface area contributed by atoms with E-state index in [1.54, 1.807) is 0 Å². The first kappa shape index (κ1) is 26.5. The summed E-state index contributed by atoms with van der Waals surface area (Å²) in [5, 5.41) is 20.8. The van der Waals surface area contributed by atoms with E-state index in [0.29, 0.717) is 33.9 Å². The second-order valence-corrected chi connectivity index (χ2v) is 9.23. The highest BCUT2D eigenvalue weighted by atomic mass is 35.5. The van der Waals surface area contributed by atoms with Crippen molar-refractivity contribution in [3.63, 3.8) is 0 Å². The van der Waals surface area contributed by atoms with Gasteiger partial charge in [0.15, 0.2) is 23.9 Å². The lowest BCUT2D eigenvalue weighted by Crippen LogP contribution is -2.25. The number of pyridine rings is 1. The van der Waals surface area contributed by atoms with Gasteiger partial charge in [0.1, 0.15) is 16.1 Å². The van der Waals surface area contributed by atoms with E-state index in [4.69, 9.17) is 37.9 Å². The number of nitriles is 1. The van der Waals surface area contributed by atoms with Gasteiger partial charge in [-0.25, -0.2) is 4.79 Å². The fraction of sp³-hybridized carbons (Fsp3) is 0.269. The molecule has 7 nitrogen and oxygen atoms in total. The van der Waals surface area contributed by atoms with Crippen LogP contribution in [0, 0.1) is 22.5 Å². The molecular formula is C26H20Cl2F2N2O5. The fourth-order valence-electron chi connectivity index (χ4n) is 3.54. The zero-order valence-corrected chi connectivity index (χ0v) is 20.7. The number of carbonyl (C=O) groups is 1. The SMILES string of the molecule is N#Cc1ccc(C(=O)O[C@@H](Cc2c(Cl)c[n+]([O-])cc2Cl)c2ccc(OC(F)F)c(OCC3CC3)c2)cc1. The Morgan fingerprint density at radius 1 is 1.11 bits per heavy atom. The van der Waals surface area contributed by atoms with E-state index in [9.17, 15) is 18.8 Å². The van der Waals surface area contributed by atoms with Crippen LogP contribution in [0.2, 0.25) is 10.0 Å². The van der Waals surface area contributed by atoms with Crippen LogP contribution in [0.15, 0.2) is 54.9 Å². The molecule has 0 radical (unpaired) electrons. The number of aromatic nitrogens is 1. The molecule has 1 saturated carbocycles. The van der Waals surface area contributed by atoms with E-state index in [2.05, 4.69) is 4.74 Å². The van der Waals surface area contributed by atoms with E-state index in [-0.39, 0.29) is 33.5 Å². The summed E-state index contributed by atoms with van der Waals surface area (Å²) in [5.41, 5.74) is 1.31. The second kappa shape index (κ2) is 11.6. The summed E-state index contributed by atoms with van der Waals surface area (Å²) in [5.74, 6) is -0.440. The molecule has 0 saturated heterocycles. The lowest BCUT2D eigenvalue weighted by atomic mass is 10.0. The zero-order valence-electron chi connectivity index (χ0n) is 19.2. The number of alkyl halides is 2. The van der Waals surface area contributed by atoms with Crippen LogP contribution in [-0.4, -0.2) is 19.2 Å². The molecule has 1 aliphatic carbocycles. The Bertz CT molecular complexity index is 1300. The van der Waals surface area contributed by atoms with Crippen LogP contribution in [0.4, 0.5) is 8.78 Å². The number of carbonyl (C=O) groups excluding carboxylic acids is 1. The van der Waals surface area contributed by atoms with Gasteiger partial charge in [0.05, 0.1) is 23.8 Å². The summed E-state index contributed by atoms with van der Waals surface area (Å²) in [7, 11) is 0. The molecular weight excluding hydrogens is 529 g/mol. The molecule has 3 aromatic rings. The third-order valence-electron chi connectivity index (χ3n) is 5.67. The molecule has 2 aromatic carbocycles. The maximum absolute atomic E-state index is 13.0. The molecule has 37 heavy (non-hydrogen) atoms. The van der Waals surface area contributed by atoms with Crippen LogP contribution >= 0.6 is 23.2 Å². The highest BCUT2D eigenvalue weighted by Gasteiger charge is 2.26. The van der Waals surface area contributed by atoms with Gasteiger partial charge in [0, 0.05) is 12.0 Å². The maximum atomic E-state index is 13.0. The lowest BCUT2D eigenvalue weighted by Gasteiger charge is -2.21. The number of hydrogen-bond donors (Lipinski definition) is 0. The van der Waals surface area contributed by atoms with Crippen LogP contribution in [0.1, 0.15) is 46.0 Å². The van der Waals surface area contributed by atoms with Crippen LogP contribution in [0.5, 0.6) is 11.5 Å². The van der Waals surface area contributed by atoms with Crippen molar-refractivity contribution in [3.8, 4) is 17.6 Å². The molecule has 0 spiro atoms. The zero-order chi connectivity index (χ0) is 26.5. The Balaban J connectivity index is 1.68. The first-order valence-corrected chi connectivity index (χ1v) is 12.0. The van der Waals surface area contributed by atoms with Crippen molar-refractivity contribution in [3.05, 3.63) is 92.4 Å². The normalized spacial score (nSPS) is 13.6. The Labute approximate surface area is 221 Å². The minimum atomic E-state index is -3.06. The summed E-state index contributed by atoms with van der Waals surface area (Å²) in [4.78, 5) is 13.0. The van der Waals surface area contributed by atoms with Crippen molar-refractivity contribution >= 4 is 29.2 Å². The summed E-state index contributed by atoms with van der Waals surface area (Å²) in [6.45, 7) is -2.72. The molecule has 0 unspecified atom stereocenters. The molecule has 1 atom stereocenters. The predicted molar refractivity (Wildman–Crippen MR) is 130 cm³/mol. The Hall–Kier alpha value is -3.61. The smallest absolute Gasteiger partial charge is 0.387 e. The van der Waals surface area contributed by atoms with E-state index >= 15 is 0 Å². The second-order valence-electron chi connectivity index (χ2n) is 8.42. The van der Waals surface area contributed by atoms with Crippen LogP contribution < -0.4 is 14.2 Å². The molecule has 0 N–H and O–H groups in total. The number of halogens is 4. The van der Waals surface area contributed by atoms with Crippen LogP contribution in [0.3, 0.4) is 0 Å². The maximum Gasteiger partial charge on any atom is 0.387 e. The Kier molecular flexibility index (Phi) is 8.31. The van der Waals surface area contributed by atoms with Gasteiger partial charge >= 0.3 is 12.6 Å². The van der Waals surface area contributed by atoms with Crippen molar-refractivity contribution in [2.24, 2.45) is 5.92 Å². The fourth-order valence-corrected chi connectivity index (χ4v) is 4.14. The van der Waals surface area contributed by atoms with E-state index in [0.717, 1.165) is 25.2 Å². The van der Waals surface area contributed by atoms with Gasteiger partial charge in [-0.15, -0.1) is 0 Å². The van der Waals surface area contributed by atoms with Gasteiger partial charge in [-0.2, -0.15) is 18.8 Å². The van der Waals surface area contributed by atoms with Gasteiger partial charge in [-0.3, -0.25) is 0 Å². The van der Waals surface area contributed by atoms with Crippen LogP contribution in [-0.2, 0) is 11.2 Å². The Morgan fingerprint density at radius 3 is 2.38 bits per heavy atom. The van der Waals surface area contributed by atoms with Gasteiger partial charge in [0.25, 0.3) is 0 Å². The number of esters is 1. The molecule has 11 heteroatoms. The van der Waals surface area contributed by atoms with Crippen LogP contribution in [0.25, 0.3) is 0 Å². The van der Waals surface area contributed by atoms with Gasteiger partial charge in [-0.05, 0) is 60.7 Å². The summed E-state index contributed by atoms with van der Waals surface area (Å²) in [6, 6.07) is 12.1. The van der Waals surface area contributed by atoms with Crippen molar-refractivity contribution < 1.29 is 32.5 Å². The average Bonchev–Trinajstić information content (AvgIpc) is 3.69. The molecule has 192 valence electrons. The van der Waals surface area contributed by atoms with Gasteiger partial charge in [-0.1, -0.05) is 29.3 Å². The third-order valence-corrected chi connectivity index (χ3v) is 6.32. The number of rotatable bonds is 10. The molecule has 1 heterocycles. The first-order valence-electron chi connectivity index (χ1n) is 11.2. The number of nitrogens with zero attached hydrogens (tertiary/aromatic N) is 2. The van der Waals surface area contributed by atoms with Gasteiger partial charge in [0.2, 0.25) is 0 Å². The molecule has 4 rings (SSSR count). The molecule has 0 amide bonds. The van der Waals surface area contributed by atoms with E-state index in [1.165, 1.54) is 42.5 Å². The average molecular weight is 549 g/mol. The van der Waals surface area contributed by atoms with Crippen molar-refractivity contribution in [1.82, 2.24) is 0 Å². The molecule has 1 fully saturated rings. The number of hydrogen-bond acceptors (Lipinski definition) is 6. The van der Waals surface area contributed by atoms with E-state index < -0.39 is 18.7 Å². The molecule has 1 aromatic heterocycles. The minimum Gasteiger partial charge on any atom is -0.619 e. The van der Waals surface area contributed by atoms with Crippen molar-refractivity contribution in [2.45, 2.75) is 32.0 Å². The topological polar surface area (TPSA) is 95.5 Å². The quantitative estimate of drug-likeness (QED) is 0.174. The van der Waals surface area contributed by atoms with E-state index in [1.807, 2.05) is 6.07 Å². The summed E-state index contributed by atoms with van der Waals surface area (Å²) >= 11 is 12.5. The molecule has 0 aliphatic heterocycles. The standard InChI is InChI=1S/C26H20Cl2F2N2O5/c27-20-12-32(34)13-21(28)19(20)10-23(36-25(33)17-5-3-15(11-31)4-6-17)18-7-8-22(37-26(29)30)24(9-18)35-14-16-1-2-16/h3-9,12-13,16,23,26H,1-2,10,14H2/t23-/m0/s1. The molecule has 1 aliphatic rings. The largest absolute Gasteiger partial charge is 0.619 e. The highest BCUT2D eigenvalue weighted by Crippen LogP contribution is 2.38. The Morgan fingerprint density at radius 2 is 1.78 bits per heavy atom. The number of benzene rings is 2. The predicted octanol–water partition coefficient (Wildman–Crippen LogP) is 6.03. The molecule has 0 bridgehead atoms. The summed E-state index contributed by atoms with van der Waals surface area (Å²) in [6.07, 6.45) is 3.18. The lowest BCUT2D eigenvalue weighted by molar-refractivity contribution is -0.605. The summed E-state index contributed by atoms with van der Waals surface area (Å²) < 4.78 is 42.5. The minimum absolute atomic E-state index is 0.0301. The highest BCUT2D eigenvalue weighted by molar-refractivity contribution is 6.35. The number of ether oxygens (including phenoxy) is 3. The van der Waals surface area contributed by atoms with Gasteiger partial charge < -0.3 is 19.4 Å². The van der Waals surface area contributed by atoms with Crippen molar-refractivity contribution in [2.75, 3.05) is 6.61 Å². The van der Waals surface area contributed by atoms with Crippen molar-refractivity contribution in [1.29, 1.82) is 5.26 Å². The monoisotopic (exact) mass is 548 g/mol.